The SMILES string of the molecule is CC(N)=NCC1CCCC1(C)C. The second-order valence-electron chi connectivity index (χ2n) is 4.56. The van der Waals surface area contributed by atoms with Crippen LogP contribution in [-0.4, -0.2) is 12.4 Å². The monoisotopic (exact) mass is 168 g/mol. The van der Waals surface area contributed by atoms with Gasteiger partial charge in [0.25, 0.3) is 0 Å². The Kier molecular flexibility index (Phi) is 2.76. The Morgan fingerprint density at radius 2 is 2.25 bits per heavy atom. The van der Waals surface area contributed by atoms with E-state index in [1.165, 1.54) is 19.3 Å². The molecule has 1 unspecified atom stereocenters. The van der Waals surface area contributed by atoms with Gasteiger partial charge in [-0.15, -0.1) is 0 Å². The van der Waals surface area contributed by atoms with E-state index in [-0.39, 0.29) is 0 Å². The van der Waals surface area contributed by atoms with Gasteiger partial charge in [0.15, 0.2) is 0 Å². The highest BCUT2D eigenvalue weighted by molar-refractivity contribution is 5.77. The lowest BCUT2D eigenvalue weighted by atomic mass is 9.82. The highest BCUT2D eigenvalue weighted by Crippen LogP contribution is 2.42. The van der Waals surface area contributed by atoms with Gasteiger partial charge in [0.05, 0.1) is 5.84 Å². The summed E-state index contributed by atoms with van der Waals surface area (Å²) in [6.07, 6.45) is 4.03. The molecule has 1 aliphatic rings. The predicted molar refractivity (Wildman–Crippen MR) is 53.3 cm³/mol. The lowest BCUT2D eigenvalue weighted by Gasteiger charge is -2.25. The van der Waals surface area contributed by atoms with Crippen LogP contribution in [0.4, 0.5) is 0 Å². The van der Waals surface area contributed by atoms with Gasteiger partial charge in [-0.25, -0.2) is 0 Å². The van der Waals surface area contributed by atoms with Crippen LogP contribution in [0, 0.1) is 11.3 Å². The topological polar surface area (TPSA) is 38.4 Å². The summed E-state index contributed by atoms with van der Waals surface area (Å²) in [6, 6.07) is 0. The molecule has 0 aliphatic heterocycles. The van der Waals surface area contributed by atoms with Crippen molar-refractivity contribution in [1.82, 2.24) is 0 Å². The number of amidine groups is 1. The van der Waals surface area contributed by atoms with E-state index >= 15 is 0 Å². The lowest BCUT2D eigenvalue weighted by molar-refractivity contribution is 0.267. The van der Waals surface area contributed by atoms with E-state index in [0.717, 1.165) is 18.3 Å². The molecule has 2 heteroatoms. The van der Waals surface area contributed by atoms with Crippen molar-refractivity contribution in [3.63, 3.8) is 0 Å². The van der Waals surface area contributed by atoms with Crippen LogP contribution >= 0.6 is 0 Å². The van der Waals surface area contributed by atoms with Crippen molar-refractivity contribution in [3.05, 3.63) is 0 Å². The van der Waals surface area contributed by atoms with E-state index in [2.05, 4.69) is 18.8 Å². The van der Waals surface area contributed by atoms with Crippen molar-refractivity contribution in [2.24, 2.45) is 22.1 Å². The first kappa shape index (κ1) is 9.56. The second-order valence-corrected chi connectivity index (χ2v) is 4.56. The van der Waals surface area contributed by atoms with Crippen molar-refractivity contribution in [1.29, 1.82) is 0 Å². The second kappa shape index (κ2) is 3.46. The molecule has 2 nitrogen and oxygen atoms in total. The molecule has 1 atom stereocenters. The van der Waals surface area contributed by atoms with E-state index in [1.807, 2.05) is 6.92 Å². The molecule has 0 aromatic rings. The first-order valence-electron chi connectivity index (χ1n) is 4.79. The van der Waals surface area contributed by atoms with Crippen LogP contribution in [0.2, 0.25) is 0 Å². The van der Waals surface area contributed by atoms with E-state index < -0.39 is 0 Å². The van der Waals surface area contributed by atoms with Crippen molar-refractivity contribution < 1.29 is 0 Å². The molecule has 0 spiro atoms. The molecular formula is C10H20N2. The van der Waals surface area contributed by atoms with Crippen molar-refractivity contribution in [3.8, 4) is 0 Å². The molecule has 0 amide bonds. The summed E-state index contributed by atoms with van der Waals surface area (Å²) in [5.74, 6) is 1.47. The lowest BCUT2D eigenvalue weighted by Crippen LogP contribution is -2.21. The van der Waals surface area contributed by atoms with E-state index in [4.69, 9.17) is 5.73 Å². The van der Waals surface area contributed by atoms with Crippen molar-refractivity contribution >= 4 is 5.84 Å². The summed E-state index contributed by atoms with van der Waals surface area (Å²) in [5.41, 5.74) is 5.99. The molecule has 12 heavy (non-hydrogen) atoms. The molecule has 0 heterocycles. The maximum absolute atomic E-state index is 5.51. The number of nitrogens with two attached hydrogens (primary N) is 1. The maximum Gasteiger partial charge on any atom is 0.0905 e. The van der Waals surface area contributed by atoms with Crippen LogP contribution < -0.4 is 5.73 Å². The highest BCUT2D eigenvalue weighted by atomic mass is 14.8. The smallest absolute Gasteiger partial charge is 0.0905 e. The van der Waals surface area contributed by atoms with Gasteiger partial charge < -0.3 is 5.73 Å². The van der Waals surface area contributed by atoms with Crippen molar-refractivity contribution in [2.75, 3.05) is 6.54 Å². The molecule has 0 aromatic heterocycles. The number of hydrogen-bond donors (Lipinski definition) is 1. The van der Waals surface area contributed by atoms with Gasteiger partial charge in [0, 0.05) is 6.54 Å². The van der Waals surface area contributed by atoms with Crippen LogP contribution in [-0.2, 0) is 0 Å². The number of aliphatic imine (C=N–C) groups is 1. The third-order valence-electron chi connectivity index (χ3n) is 3.04. The molecule has 2 N–H and O–H groups in total. The van der Waals surface area contributed by atoms with Gasteiger partial charge in [-0.3, -0.25) is 4.99 Å². The molecule has 0 radical (unpaired) electrons. The van der Waals surface area contributed by atoms with E-state index in [9.17, 15) is 0 Å². The summed E-state index contributed by atoms with van der Waals surface area (Å²) in [4.78, 5) is 4.30. The zero-order chi connectivity index (χ0) is 9.19. The zero-order valence-electron chi connectivity index (χ0n) is 8.43. The molecule has 0 bridgehead atoms. The van der Waals surface area contributed by atoms with Gasteiger partial charge in [-0.1, -0.05) is 20.3 Å². The molecule has 1 rings (SSSR count). The third kappa shape index (κ3) is 2.23. The fraction of sp³-hybridized carbons (Fsp3) is 0.900. The fourth-order valence-electron chi connectivity index (χ4n) is 1.99. The van der Waals surface area contributed by atoms with Crippen LogP contribution in [0.15, 0.2) is 4.99 Å². The highest BCUT2D eigenvalue weighted by Gasteiger charge is 2.33. The number of hydrogen-bond acceptors (Lipinski definition) is 1. The molecular weight excluding hydrogens is 148 g/mol. The fourth-order valence-corrected chi connectivity index (χ4v) is 1.99. The first-order valence-corrected chi connectivity index (χ1v) is 4.79. The Balaban J connectivity index is 2.47. The molecule has 70 valence electrons. The largest absolute Gasteiger partial charge is 0.388 e. The van der Waals surface area contributed by atoms with Gasteiger partial charge >= 0.3 is 0 Å². The van der Waals surface area contributed by atoms with E-state index in [1.54, 1.807) is 0 Å². The Labute approximate surface area is 75.3 Å². The number of nitrogens with zero attached hydrogens (tertiary/aromatic N) is 1. The number of rotatable bonds is 2. The molecule has 1 saturated carbocycles. The van der Waals surface area contributed by atoms with Gasteiger partial charge in [0.2, 0.25) is 0 Å². The average Bonchev–Trinajstić information content (AvgIpc) is 2.25. The van der Waals surface area contributed by atoms with Crippen molar-refractivity contribution in [2.45, 2.75) is 40.0 Å². The summed E-state index contributed by atoms with van der Waals surface area (Å²) >= 11 is 0. The van der Waals surface area contributed by atoms with E-state index in [0.29, 0.717) is 5.41 Å². The Hall–Kier alpha value is -0.530. The molecule has 1 aliphatic carbocycles. The summed E-state index contributed by atoms with van der Waals surface area (Å²) in [6.45, 7) is 7.47. The minimum absolute atomic E-state index is 0.485. The van der Waals surface area contributed by atoms with Gasteiger partial charge in [0.1, 0.15) is 0 Å². The Morgan fingerprint density at radius 1 is 1.58 bits per heavy atom. The summed E-state index contributed by atoms with van der Waals surface area (Å²) in [7, 11) is 0. The predicted octanol–water partition coefficient (Wildman–Crippen LogP) is 2.19. The Bertz CT molecular complexity index is 178. The van der Waals surface area contributed by atoms with Gasteiger partial charge in [-0.05, 0) is 31.1 Å². The van der Waals surface area contributed by atoms with Crippen LogP contribution in [0.3, 0.4) is 0 Å². The maximum atomic E-state index is 5.51. The standard InChI is InChI=1S/C10H20N2/c1-8(11)12-7-9-5-4-6-10(9,2)3/h9H,4-7H2,1-3H3,(H2,11,12). The zero-order valence-corrected chi connectivity index (χ0v) is 8.43. The normalized spacial score (nSPS) is 29.2. The average molecular weight is 168 g/mol. The summed E-state index contributed by atoms with van der Waals surface area (Å²) in [5, 5.41) is 0. The van der Waals surface area contributed by atoms with Crippen LogP contribution in [0.5, 0.6) is 0 Å². The van der Waals surface area contributed by atoms with Crippen LogP contribution in [0.1, 0.15) is 40.0 Å². The van der Waals surface area contributed by atoms with Gasteiger partial charge in [-0.2, -0.15) is 0 Å². The molecule has 0 aromatic carbocycles. The summed E-state index contributed by atoms with van der Waals surface area (Å²) < 4.78 is 0. The first-order chi connectivity index (χ1) is 5.52. The minimum atomic E-state index is 0.485. The molecule has 1 fully saturated rings. The minimum Gasteiger partial charge on any atom is -0.388 e. The molecule has 0 saturated heterocycles. The quantitative estimate of drug-likeness (QED) is 0.498. The Morgan fingerprint density at radius 3 is 2.67 bits per heavy atom. The van der Waals surface area contributed by atoms with Crippen LogP contribution in [0.25, 0.3) is 0 Å². The third-order valence-corrected chi connectivity index (χ3v) is 3.04.